The van der Waals surface area contributed by atoms with Gasteiger partial charge in [0.25, 0.3) is 0 Å². The number of methoxy groups -OCH3 is 1. The van der Waals surface area contributed by atoms with Gasteiger partial charge in [-0.3, -0.25) is 0 Å². The van der Waals surface area contributed by atoms with Gasteiger partial charge in [0.05, 0.1) is 13.2 Å². The molecule has 0 aromatic heterocycles. The Kier molecular flexibility index (Phi) is 3.11. The molecule has 2 heteroatoms. The molecule has 0 bridgehead atoms. The summed E-state index contributed by atoms with van der Waals surface area (Å²) in [5, 5.41) is 11.7. The van der Waals surface area contributed by atoms with E-state index in [1.54, 1.807) is 14.0 Å². The monoisotopic (exact) mass is 216 g/mol. The van der Waals surface area contributed by atoms with E-state index in [-0.39, 0.29) is 6.10 Å². The average molecular weight is 216 g/mol. The second-order valence-corrected chi connectivity index (χ2v) is 4.10. The maximum atomic E-state index is 9.34. The second kappa shape index (κ2) is 4.54. The number of aliphatic hydroxyl groups is 1. The molecule has 1 atom stereocenters. The molecule has 0 aliphatic carbocycles. The molecular weight excluding hydrogens is 200 g/mol. The zero-order valence-corrected chi connectivity index (χ0v) is 9.60. The number of aliphatic hydroxyl groups excluding tert-OH is 1. The quantitative estimate of drug-likeness (QED) is 0.854. The number of fused-ring (bicyclic) bond motifs is 1. The highest BCUT2D eigenvalue weighted by Gasteiger charge is 2.01. The summed E-state index contributed by atoms with van der Waals surface area (Å²) in [6, 6.07) is 12.2. The van der Waals surface area contributed by atoms with Crippen LogP contribution in [0.2, 0.25) is 0 Å². The van der Waals surface area contributed by atoms with Crippen LogP contribution in [0, 0.1) is 0 Å². The van der Waals surface area contributed by atoms with Crippen molar-refractivity contribution in [1.82, 2.24) is 0 Å². The molecule has 0 radical (unpaired) electrons. The largest absolute Gasteiger partial charge is 0.497 e. The van der Waals surface area contributed by atoms with Gasteiger partial charge in [-0.2, -0.15) is 0 Å². The average Bonchev–Trinajstić information content (AvgIpc) is 2.27. The fraction of sp³-hybridized carbons (Fsp3) is 0.286. The number of hydrogen-bond donors (Lipinski definition) is 1. The Morgan fingerprint density at radius 3 is 2.50 bits per heavy atom. The topological polar surface area (TPSA) is 29.5 Å². The van der Waals surface area contributed by atoms with E-state index >= 15 is 0 Å². The molecule has 0 amide bonds. The Bertz CT molecular complexity index is 489. The molecule has 2 rings (SSSR count). The molecule has 2 aromatic rings. The van der Waals surface area contributed by atoms with Crippen molar-refractivity contribution in [2.45, 2.75) is 19.4 Å². The molecule has 2 aromatic carbocycles. The molecule has 0 heterocycles. The highest BCUT2D eigenvalue weighted by atomic mass is 16.5. The predicted octanol–water partition coefficient (Wildman–Crippen LogP) is 2.77. The van der Waals surface area contributed by atoms with E-state index in [4.69, 9.17) is 4.74 Å². The molecule has 0 aliphatic rings. The van der Waals surface area contributed by atoms with Gasteiger partial charge < -0.3 is 9.84 Å². The van der Waals surface area contributed by atoms with Crippen LogP contribution in [0.5, 0.6) is 5.75 Å². The lowest BCUT2D eigenvalue weighted by atomic mass is 10.0. The smallest absolute Gasteiger partial charge is 0.119 e. The Hall–Kier alpha value is -1.54. The van der Waals surface area contributed by atoms with E-state index < -0.39 is 0 Å². The van der Waals surface area contributed by atoms with Crippen LogP contribution < -0.4 is 4.74 Å². The van der Waals surface area contributed by atoms with E-state index in [1.807, 2.05) is 18.2 Å². The van der Waals surface area contributed by atoms with Crippen LogP contribution in [0.3, 0.4) is 0 Å². The third kappa shape index (κ3) is 2.34. The first kappa shape index (κ1) is 11.0. The molecule has 2 nitrogen and oxygen atoms in total. The van der Waals surface area contributed by atoms with Crippen LogP contribution in [0.15, 0.2) is 36.4 Å². The fourth-order valence-electron chi connectivity index (χ4n) is 1.87. The number of rotatable bonds is 3. The van der Waals surface area contributed by atoms with Crippen molar-refractivity contribution in [2.24, 2.45) is 0 Å². The summed E-state index contributed by atoms with van der Waals surface area (Å²) in [7, 11) is 1.67. The van der Waals surface area contributed by atoms with Crippen LogP contribution in [-0.4, -0.2) is 18.3 Å². The van der Waals surface area contributed by atoms with Gasteiger partial charge in [0.15, 0.2) is 0 Å². The Labute approximate surface area is 95.5 Å². The van der Waals surface area contributed by atoms with Gasteiger partial charge in [-0.15, -0.1) is 0 Å². The number of hydrogen-bond acceptors (Lipinski definition) is 2. The molecule has 1 N–H and O–H groups in total. The van der Waals surface area contributed by atoms with Crippen molar-refractivity contribution in [3.8, 4) is 5.75 Å². The molecule has 16 heavy (non-hydrogen) atoms. The molecular formula is C14H16O2. The minimum Gasteiger partial charge on any atom is -0.497 e. The van der Waals surface area contributed by atoms with Gasteiger partial charge >= 0.3 is 0 Å². The first-order valence-electron chi connectivity index (χ1n) is 5.44. The van der Waals surface area contributed by atoms with Gasteiger partial charge in [-0.05, 0) is 41.8 Å². The zero-order valence-electron chi connectivity index (χ0n) is 9.60. The zero-order chi connectivity index (χ0) is 11.5. The molecule has 0 saturated carbocycles. The lowest BCUT2D eigenvalue weighted by molar-refractivity contribution is 0.195. The van der Waals surface area contributed by atoms with Crippen molar-refractivity contribution < 1.29 is 9.84 Å². The lowest BCUT2D eigenvalue weighted by Crippen LogP contribution is -2.03. The van der Waals surface area contributed by atoms with Gasteiger partial charge in [0.1, 0.15) is 5.75 Å². The molecule has 0 aliphatic heterocycles. The summed E-state index contributed by atoms with van der Waals surface area (Å²) in [4.78, 5) is 0. The van der Waals surface area contributed by atoms with E-state index in [0.29, 0.717) is 6.42 Å². The highest BCUT2D eigenvalue weighted by Crippen LogP contribution is 2.22. The van der Waals surface area contributed by atoms with Crippen LogP contribution in [0.4, 0.5) is 0 Å². The van der Waals surface area contributed by atoms with Crippen molar-refractivity contribution in [1.29, 1.82) is 0 Å². The third-order valence-corrected chi connectivity index (χ3v) is 2.64. The van der Waals surface area contributed by atoms with Crippen molar-refractivity contribution in [3.05, 3.63) is 42.0 Å². The first-order chi connectivity index (χ1) is 7.69. The summed E-state index contributed by atoms with van der Waals surface area (Å²) in [5.74, 6) is 0.871. The first-order valence-corrected chi connectivity index (χ1v) is 5.44. The summed E-state index contributed by atoms with van der Waals surface area (Å²) >= 11 is 0. The summed E-state index contributed by atoms with van der Waals surface area (Å²) in [5.41, 5.74) is 1.16. The van der Waals surface area contributed by atoms with Crippen molar-refractivity contribution in [3.63, 3.8) is 0 Å². The highest BCUT2D eigenvalue weighted by molar-refractivity contribution is 5.84. The molecule has 0 spiro atoms. The predicted molar refractivity (Wildman–Crippen MR) is 65.9 cm³/mol. The van der Waals surface area contributed by atoms with Crippen molar-refractivity contribution >= 4 is 10.8 Å². The van der Waals surface area contributed by atoms with Gasteiger partial charge in [-0.1, -0.05) is 24.3 Å². The van der Waals surface area contributed by atoms with E-state index in [9.17, 15) is 5.11 Å². The van der Waals surface area contributed by atoms with E-state index in [1.165, 1.54) is 5.39 Å². The van der Waals surface area contributed by atoms with Crippen LogP contribution in [-0.2, 0) is 6.42 Å². The molecule has 0 fully saturated rings. The summed E-state index contributed by atoms with van der Waals surface area (Å²) in [6.07, 6.45) is 0.401. The lowest BCUT2D eigenvalue weighted by Gasteiger charge is -2.07. The third-order valence-electron chi connectivity index (χ3n) is 2.64. The normalized spacial score (nSPS) is 12.7. The SMILES string of the molecule is COc1ccc2cc(C[C@@H](C)O)ccc2c1. The van der Waals surface area contributed by atoms with E-state index in [0.717, 1.165) is 16.7 Å². The van der Waals surface area contributed by atoms with Gasteiger partial charge in [0.2, 0.25) is 0 Å². The molecule has 0 saturated heterocycles. The second-order valence-electron chi connectivity index (χ2n) is 4.10. The standard InChI is InChI=1S/C14H16O2/c1-10(15)7-11-3-4-13-9-14(16-2)6-5-12(13)8-11/h3-6,8-10,15H,7H2,1-2H3/t10-/m1/s1. The van der Waals surface area contributed by atoms with Crippen molar-refractivity contribution in [2.75, 3.05) is 7.11 Å². The maximum Gasteiger partial charge on any atom is 0.119 e. The number of ether oxygens (including phenoxy) is 1. The van der Waals surface area contributed by atoms with Crippen LogP contribution in [0.25, 0.3) is 10.8 Å². The minimum absolute atomic E-state index is 0.296. The maximum absolute atomic E-state index is 9.34. The Balaban J connectivity index is 2.39. The van der Waals surface area contributed by atoms with Crippen LogP contribution >= 0.6 is 0 Å². The number of benzene rings is 2. The summed E-state index contributed by atoms with van der Waals surface area (Å²) < 4.78 is 5.18. The minimum atomic E-state index is -0.296. The Morgan fingerprint density at radius 1 is 1.12 bits per heavy atom. The van der Waals surface area contributed by atoms with E-state index in [2.05, 4.69) is 18.2 Å². The Morgan fingerprint density at radius 2 is 1.81 bits per heavy atom. The van der Waals surface area contributed by atoms with Gasteiger partial charge in [-0.25, -0.2) is 0 Å². The summed E-state index contributed by atoms with van der Waals surface area (Å²) in [6.45, 7) is 1.80. The fourth-order valence-corrected chi connectivity index (χ4v) is 1.87. The van der Waals surface area contributed by atoms with Crippen LogP contribution in [0.1, 0.15) is 12.5 Å². The molecule has 84 valence electrons. The molecule has 0 unspecified atom stereocenters. The van der Waals surface area contributed by atoms with Gasteiger partial charge in [0, 0.05) is 0 Å².